The Morgan fingerprint density at radius 1 is 1.29 bits per heavy atom. The molecule has 7 nitrogen and oxygen atoms in total. The van der Waals surface area contributed by atoms with Gasteiger partial charge >= 0.3 is 5.97 Å². The second-order valence-corrected chi connectivity index (χ2v) is 6.08. The number of carbonyl (C=O) groups is 2. The molecule has 4 N–H and O–H groups in total. The lowest BCUT2D eigenvalue weighted by Crippen LogP contribution is -2.41. The molecule has 0 saturated carbocycles. The average Bonchev–Trinajstić information content (AvgIpc) is 3.00. The summed E-state index contributed by atoms with van der Waals surface area (Å²) in [4.78, 5) is 27.4. The van der Waals surface area contributed by atoms with Crippen molar-refractivity contribution in [3.63, 3.8) is 0 Å². The normalized spacial score (nSPS) is 11.9. The second kappa shape index (κ2) is 8.53. The van der Waals surface area contributed by atoms with Crippen molar-refractivity contribution < 1.29 is 19.8 Å². The van der Waals surface area contributed by atoms with Crippen LogP contribution in [0.3, 0.4) is 0 Å². The molecule has 128 valence electrons. The number of aliphatic hydroxyl groups excluding tert-OH is 1. The van der Waals surface area contributed by atoms with E-state index in [9.17, 15) is 9.59 Å². The number of benzene rings is 1. The van der Waals surface area contributed by atoms with Crippen LogP contribution in [0.25, 0.3) is 11.3 Å². The molecule has 24 heavy (non-hydrogen) atoms. The van der Waals surface area contributed by atoms with E-state index in [2.05, 4.69) is 15.6 Å². The van der Waals surface area contributed by atoms with Gasteiger partial charge in [0.15, 0.2) is 5.13 Å². The molecule has 0 radical (unpaired) electrons. The number of rotatable bonds is 8. The van der Waals surface area contributed by atoms with E-state index in [1.807, 2.05) is 36.6 Å². The molecule has 0 aliphatic carbocycles. The number of anilines is 1. The lowest BCUT2D eigenvalue weighted by molar-refractivity contribution is -0.141. The topological polar surface area (TPSA) is 112 Å². The van der Waals surface area contributed by atoms with E-state index in [4.69, 9.17) is 10.2 Å². The number of thiazole rings is 1. The minimum atomic E-state index is -1.14. The van der Waals surface area contributed by atoms with Gasteiger partial charge < -0.3 is 20.8 Å². The lowest BCUT2D eigenvalue weighted by atomic mass is 10.1. The van der Waals surface area contributed by atoms with Gasteiger partial charge in [-0.05, 0) is 6.92 Å². The number of carbonyl (C=O) groups excluding carboxylic acids is 1. The summed E-state index contributed by atoms with van der Waals surface area (Å²) in [6, 6.07) is 6.83. The molecule has 0 unspecified atom stereocenters. The van der Waals surface area contributed by atoms with Crippen LogP contribution in [0.1, 0.15) is 12.0 Å². The number of hydrogen-bond acceptors (Lipinski definition) is 6. The largest absolute Gasteiger partial charge is 0.480 e. The van der Waals surface area contributed by atoms with Gasteiger partial charge in [0.1, 0.15) is 6.04 Å². The Balaban J connectivity index is 1.97. The van der Waals surface area contributed by atoms with Crippen molar-refractivity contribution in [1.82, 2.24) is 10.3 Å². The molecule has 0 bridgehead atoms. The number of amides is 1. The number of carboxylic acid groups (broad SMARTS) is 1. The summed E-state index contributed by atoms with van der Waals surface area (Å²) in [6.07, 6.45) is -0.241. The summed E-state index contributed by atoms with van der Waals surface area (Å²) in [5.74, 6) is -1.59. The highest BCUT2D eigenvalue weighted by molar-refractivity contribution is 7.14. The van der Waals surface area contributed by atoms with Crippen LogP contribution in [0.5, 0.6) is 0 Å². The van der Waals surface area contributed by atoms with Gasteiger partial charge in [0.2, 0.25) is 5.91 Å². The SMILES string of the molecule is Cc1ccc(-c2csc(NC(=O)C[C@@H](NCCO)C(=O)O)n2)cc1. The summed E-state index contributed by atoms with van der Waals surface area (Å²) < 4.78 is 0. The molecule has 1 atom stereocenters. The minimum Gasteiger partial charge on any atom is -0.480 e. The summed E-state index contributed by atoms with van der Waals surface area (Å²) in [5, 5.41) is 25.2. The highest BCUT2D eigenvalue weighted by atomic mass is 32.1. The molecule has 2 rings (SSSR count). The van der Waals surface area contributed by atoms with Crippen molar-refractivity contribution in [2.45, 2.75) is 19.4 Å². The van der Waals surface area contributed by atoms with Crippen molar-refractivity contribution in [2.75, 3.05) is 18.5 Å². The first-order valence-electron chi connectivity index (χ1n) is 7.39. The number of aliphatic hydroxyl groups is 1. The third-order valence-corrected chi connectivity index (χ3v) is 4.05. The molecule has 0 aliphatic rings. The zero-order valence-electron chi connectivity index (χ0n) is 13.2. The first-order valence-corrected chi connectivity index (χ1v) is 8.27. The van der Waals surface area contributed by atoms with Crippen LogP contribution in [-0.2, 0) is 9.59 Å². The van der Waals surface area contributed by atoms with Gasteiger partial charge in [-0.15, -0.1) is 11.3 Å². The van der Waals surface area contributed by atoms with Gasteiger partial charge in [0, 0.05) is 17.5 Å². The first kappa shape index (κ1) is 18.1. The third-order valence-electron chi connectivity index (χ3n) is 3.29. The highest BCUT2D eigenvalue weighted by Crippen LogP contribution is 2.25. The lowest BCUT2D eigenvalue weighted by Gasteiger charge is -2.12. The monoisotopic (exact) mass is 349 g/mol. The number of aliphatic carboxylic acids is 1. The Hall–Kier alpha value is -2.29. The molecule has 0 fully saturated rings. The molecule has 8 heteroatoms. The van der Waals surface area contributed by atoms with Crippen LogP contribution in [0.2, 0.25) is 0 Å². The Labute approximate surface area is 143 Å². The van der Waals surface area contributed by atoms with Crippen molar-refractivity contribution in [3.05, 3.63) is 35.2 Å². The van der Waals surface area contributed by atoms with E-state index in [0.717, 1.165) is 16.8 Å². The van der Waals surface area contributed by atoms with Gasteiger partial charge in [-0.1, -0.05) is 29.8 Å². The van der Waals surface area contributed by atoms with E-state index in [1.54, 1.807) is 0 Å². The fourth-order valence-corrected chi connectivity index (χ4v) is 2.77. The van der Waals surface area contributed by atoms with Crippen molar-refractivity contribution >= 4 is 28.3 Å². The molecular weight excluding hydrogens is 330 g/mol. The second-order valence-electron chi connectivity index (χ2n) is 5.22. The number of nitrogens with zero attached hydrogens (tertiary/aromatic N) is 1. The highest BCUT2D eigenvalue weighted by Gasteiger charge is 2.21. The molecule has 1 aromatic carbocycles. The number of aromatic nitrogens is 1. The van der Waals surface area contributed by atoms with E-state index in [0.29, 0.717) is 5.13 Å². The maximum Gasteiger partial charge on any atom is 0.321 e. The Bertz CT molecular complexity index is 700. The van der Waals surface area contributed by atoms with Gasteiger partial charge in [-0.25, -0.2) is 4.98 Å². The standard InChI is InChI=1S/C16H19N3O4S/c1-10-2-4-11(5-3-10)13-9-24-16(18-13)19-14(21)8-12(15(22)23)17-6-7-20/h2-5,9,12,17,20H,6-8H2,1H3,(H,22,23)(H,18,19,21)/t12-/m1/s1. The van der Waals surface area contributed by atoms with Crippen molar-refractivity contribution in [1.29, 1.82) is 0 Å². The van der Waals surface area contributed by atoms with E-state index in [1.165, 1.54) is 11.3 Å². The summed E-state index contributed by atoms with van der Waals surface area (Å²) in [7, 11) is 0. The minimum absolute atomic E-state index is 0.110. The van der Waals surface area contributed by atoms with Gasteiger partial charge in [-0.3, -0.25) is 9.59 Å². The fourth-order valence-electron chi connectivity index (χ4n) is 2.03. The quantitative estimate of drug-likeness (QED) is 0.574. The van der Waals surface area contributed by atoms with Crippen LogP contribution >= 0.6 is 11.3 Å². The zero-order valence-corrected chi connectivity index (χ0v) is 14.0. The fraction of sp³-hybridized carbons (Fsp3) is 0.312. The van der Waals surface area contributed by atoms with Crippen molar-refractivity contribution in [2.24, 2.45) is 0 Å². The molecule has 1 amide bonds. The van der Waals surface area contributed by atoms with Crippen LogP contribution in [0.4, 0.5) is 5.13 Å². The third kappa shape index (κ3) is 5.12. The predicted molar refractivity (Wildman–Crippen MR) is 92.0 cm³/mol. The molecular formula is C16H19N3O4S. The van der Waals surface area contributed by atoms with Gasteiger partial charge in [0.25, 0.3) is 0 Å². The number of nitrogens with one attached hydrogen (secondary N) is 2. The smallest absolute Gasteiger partial charge is 0.321 e. The van der Waals surface area contributed by atoms with Crippen LogP contribution in [-0.4, -0.2) is 46.3 Å². The Morgan fingerprint density at radius 2 is 2.00 bits per heavy atom. The van der Waals surface area contributed by atoms with Crippen LogP contribution in [0, 0.1) is 6.92 Å². The molecule has 2 aromatic rings. The number of hydrogen-bond donors (Lipinski definition) is 4. The van der Waals surface area contributed by atoms with Crippen LogP contribution in [0.15, 0.2) is 29.6 Å². The molecule has 1 aromatic heterocycles. The summed E-state index contributed by atoms with van der Waals surface area (Å²) in [5.41, 5.74) is 2.85. The number of carboxylic acids is 1. The molecule has 0 aliphatic heterocycles. The van der Waals surface area contributed by atoms with Gasteiger partial charge in [0.05, 0.1) is 18.7 Å². The predicted octanol–water partition coefficient (Wildman–Crippen LogP) is 1.48. The Morgan fingerprint density at radius 3 is 2.62 bits per heavy atom. The van der Waals surface area contributed by atoms with Crippen LogP contribution < -0.4 is 10.6 Å². The summed E-state index contributed by atoms with van der Waals surface area (Å²) in [6.45, 7) is 1.91. The van der Waals surface area contributed by atoms with Gasteiger partial charge in [-0.2, -0.15) is 0 Å². The summed E-state index contributed by atoms with van der Waals surface area (Å²) >= 11 is 1.28. The molecule has 1 heterocycles. The van der Waals surface area contributed by atoms with E-state index < -0.39 is 17.9 Å². The average molecular weight is 349 g/mol. The Kier molecular flexibility index (Phi) is 6.42. The first-order chi connectivity index (χ1) is 11.5. The zero-order chi connectivity index (χ0) is 17.5. The maximum atomic E-state index is 12.0. The molecule has 0 saturated heterocycles. The van der Waals surface area contributed by atoms with E-state index in [-0.39, 0.29) is 19.6 Å². The maximum absolute atomic E-state index is 12.0. The van der Waals surface area contributed by atoms with E-state index >= 15 is 0 Å². The number of aryl methyl sites for hydroxylation is 1. The van der Waals surface area contributed by atoms with Crippen molar-refractivity contribution in [3.8, 4) is 11.3 Å². The molecule has 0 spiro atoms.